The van der Waals surface area contributed by atoms with Crippen LogP contribution in [0.3, 0.4) is 0 Å². The summed E-state index contributed by atoms with van der Waals surface area (Å²) in [5, 5.41) is 6.35. The first-order valence-electron chi connectivity index (χ1n) is 9.44. The van der Waals surface area contributed by atoms with E-state index in [1.165, 1.54) is 12.0 Å². The van der Waals surface area contributed by atoms with Gasteiger partial charge in [-0.3, -0.25) is 9.78 Å². The third-order valence-electron chi connectivity index (χ3n) is 5.30. The van der Waals surface area contributed by atoms with Crippen molar-refractivity contribution in [3.8, 4) is 5.75 Å². The molecule has 1 aromatic carbocycles. The van der Waals surface area contributed by atoms with E-state index in [-0.39, 0.29) is 5.91 Å². The zero-order valence-corrected chi connectivity index (χ0v) is 14.9. The summed E-state index contributed by atoms with van der Waals surface area (Å²) in [7, 11) is 0. The Bertz CT molecular complexity index is 746. The molecule has 2 fully saturated rings. The molecule has 2 N–H and O–H groups in total. The SMILES string of the molecule is O=C(NCC[C@@H]1C[C@@H]1c1cncc(OC[C@@H]2CCN2)c1)c1ccccc1. The van der Waals surface area contributed by atoms with Crippen LogP contribution in [0, 0.1) is 5.92 Å². The van der Waals surface area contributed by atoms with E-state index in [0.29, 0.717) is 31.0 Å². The van der Waals surface area contributed by atoms with Crippen molar-refractivity contribution in [3.05, 3.63) is 59.9 Å². The molecule has 0 radical (unpaired) electrons. The zero-order chi connectivity index (χ0) is 17.8. The summed E-state index contributed by atoms with van der Waals surface area (Å²) in [5.41, 5.74) is 1.97. The van der Waals surface area contributed by atoms with Crippen molar-refractivity contribution in [3.63, 3.8) is 0 Å². The number of nitrogens with one attached hydrogen (secondary N) is 2. The largest absolute Gasteiger partial charge is 0.490 e. The number of nitrogens with zero attached hydrogens (tertiary/aromatic N) is 1. The Morgan fingerprint density at radius 2 is 2.12 bits per heavy atom. The van der Waals surface area contributed by atoms with Crippen LogP contribution in [0.2, 0.25) is 0 Å². The van der Waals surface area contributed by atoms with Gasteiger partial charge >= 0.3 is 0 Å². The van der Waals surface area contributed by atoms with Crippen LogP contribution < -0.4 is 15.4 Å². The molecule has 0 spiro atoms. The smallest absolute Gasteiger partial charge is 0.251 e. The standard InChI is InChI=1S/C21H25N3O2/c25-21(15-4-2-1-3-5-15)24-8-6-16-11-20(16)17-10-19(13-22-12-17)26-14-18-7-9-23-18/h1-5,10,12-13,16,18,20,23H,6-9,11,14H2,(H,24,25)/t16-,18+,20+/m1/s1. The van der Waals surface area contributed by atoms with E-state index >= 15 is 0 Å². The molecule has 1 amide bonds. The van der Waals surface area contributed by atoms with Crippen LogP contribution in [0.1, 0.15) is 41.1 Å². The minimum atomic E-state index is 0.00414. The average Bonchev–Trinajstić information content (AvgIpc) is 3.41. The first kappa shape index (κ1) is 17.0. The molecule has 2 aliphatic rings. The van der Waals surface area contributed by atoms with E-state index in [1.54, 1.807) is 6.20 Å². The Morgan fingerprint density at radius 3 is 2.88 bits per heavy atom. The quantitative estimate of drug-likeness (QED) is 0.768. The monoisotopic (exact) mass is 351 g/mol. The van der Waals surface area contributed by atoms with Gasteiger partial charge in [-0.15, -0.1) is 0 Å². The number of amides is 1. The van der Waals surface area contributed by atoms with Gasteiger partial charge in [0.2, 0.25) is 0 Å². The lowest BCUT2D eigenvalue weighted by Crippen LogP contribution is -2.46. The normalized spacial score (nSPS) is 23.8. The molecule has 1 aliphatic heterocycles. The number of carbonyl (C=O) groups excluding carboxylic acids is 1. The summed E-state index contributed by atoms with van der Waals surface area (Å²) in [4.78, 5) is 16.4. The second kappa shape index (κ2) is 7.87. The molecule has 2 aromatic rings. The number of ether oxygens (including phenoxy) is 1. The summed E-state index contributed by atoms with van der Waals surface area (Å²) >= 11 is 0. The maximum atomic E-state index is 12.1. The molecular weight excluding hydrogens is 326 g/mol. The zero-order valence-electron chi connectivity index (χ0n) is 14.9. The lowest BCUT2D eigenvalue weighted by molar-refractivity contribution is 0.0952. The molecule has 4 rings (SSSR count). The van der Waals surface area contributed by atoms with Crippen LogP contribution in [-0.2, 0) is 0 Å². The highest BCUT2D eigenvalue weighted by molar-refractivity contribution is 5.94. The molecule has 0 unspecified atom stereocenters. The topological polar surface area (TPSA) is 63.2 Å². The van der Waals surface area contributed by atoms with Crippen LogP contribution in [0.25, 0.3) is 0 Å². The average molecular weight is 351 g/mol. The van der Waals surface area contributed by atoms with Crippen molar-refractivity contribution in [2.24, 2.45) is 5.92 Å². The molecule has 5 nitrogen and oxygen atoms in total. The van der Waals surface area contributed by atoms with Gasteiger partial charge < -0.3 is 15.4 Å². The van der Waals surface area contributed by atoms with E-state index < -0.39 is 0 Å². The molecule has 1 saturated carbocycles. The molecule has 1 aliphatic carbocycles. The molecule has 136 valence electrons. The van der Waals surface area contributed by atoms with Gasteiger partial charge in [0.15, 0.2) is 0 Å². The maximum Gasteiger partial charge on any atom is 0.251 e. The molecule has 2 heterocycles. The number of carbonyl (C=O) groups is 1. The highest BCUT2D eigenvalue weighted by Gasteiger charge is 2.38. The predicted octanol–water partition coefficient (Wildman–Crippen LogP) is 2.75. The number of rotatable bonds is 8. The highest BCUT2D eigenvalue weighted by Crippen LogP contribution is 2.49. The van der Waals surface area contributed by atoms with Gasteiger partial charge in [-0.2, -0.15) is 0 Å². The lowest BCUT2D eigenvalue weighted by atomic mass is 10.1. The Balaban J connectivity index is 1.21. The molecule has 3 atom stereocenters. The first-order valence-corrected chi connectivity index (χ1v) is 9.44. The summed E-state index contributed by atoms with van der Waals surface area (Å²) < 4.78 is 5.84. The number of pyridine rings is 1. The number of hydrogen-bond donors (Lipinski definition) is 2. The van der Waals surface area contributed by atoms with Crippen LogP contribution >= 0.6 is 0 Å². The van der Waals surface area contributed by atoms with Crippen molar-refractivity contribution in [1.29, 1.82) is 0 Å². The van der Waals surface area contributed by atoms with Crippen molar-refractivity contribution >= 4 is 5.91 Å². The van der Waals surface area contributed by atoms with Crippen LogP contribution in [-0.4, -0.2) is 36.6 Å². The second-order valence-electron chi connectivity index (χ2n) is 7.22. The fraction of sp³-hybridized carbons (Fsp3) is 0.429. The number of benzene rings is 1. The van der Waals surface area contributed by atoms with Crippen LogP contribution in [0.4, 0.5) is 0 Å². The Hall–Kier alpha value is -2.40. The minimum Gasteiger partial charge on any atom is -0.490 e. The van der Waals surface area contributed by atoms with Crippen molar-refractivity contribution < 1.29 is 9.53 Å². The predicted molar refractivity (Wildman–Crippen MR) is 100 cm³/mol. The lowest BCUT2D eigenvalue weighted by Gasteiger charge is -2.27. The van der Waals surface area contributed by atoms with Crippen molar-refractivity contribution in [2.45, 2.75) is 31.2 Å². The highest BCUT2D eigenvalue weighted by atomic mass is 16.5. The van der Waals surface area contributed by atoms with E-state index in [0.717, 1.165) is 30.7 Å². The molecule has 1 aromatic heterocycles. The van der Waals surface area contributed by atoms with Gasteiger partial charge in [0.1, 0.15) is 12.4 Å². The van der Waals surface area contributed by atoms with E-state index in [1.807, 2.05) is 36.5 Å². The van der Waals surface area contributed by atoms with Crippen molar-refractivity contribution in [1.82, 2.24) is 15.6 Å². The number of hydrogen-bond acceptors (Lipinski definition) is 4. The van der Waals surface area contributed by atoms with Gasteiger partial charge in [-0.05, 0) is 61.4 Å². The van der Waals surface area contributed by atoms with Crippen LogP contribution in [0.5, 0.6) is 5.75 Å². The Labute approximate surface area is 154 Å². The fourth-order valence-corrected chi connectivity index (χ4v) is 3.44. The van der Waals surface area contributed by atoms with E-state index in [9.17, 15) is 4.79 Å². The van der Waals surface area contributed by atoms with E-state index in [2.05, 4.69) is 21.7 Å². The summed E-state index contributed by atoms with van der Waals surface area (Å²) in [6.07, 6.45) is 7.09. The van der Waals surface area contributed by atoms with Gasteiger partial charge in [0.05, 0.1) is 6.20 Å². The van der Waals surface area contributed by atoms with Gasteiger partial charge in [0.25, 0.3) is 5.91 Å². The van der Waals surface area contributed by atoms with Gasteiger partial charge in [-0.1, -0.05) is 18.2 Å². The molecular formula is C21H25N3O2. The second-order valence-corrected chi connectivity index (χ2v) is 7.22. The fourth-order valence-electron chi connectivity index (χ4n) is 3.44. The molecule has 26 heavy (non-hydrogen) atoms. The minimum absolute atomic E-state index is 0.00414. The Morgan fingerprint density at radius 1 is 1.27 bits per heavy atom. The van der Waals surface area contributed by atoms with Crippen LogP contribution in [0.15, 0.2) is 48.8 Å². The summed E-state index contributed by atoms with van der Waals surface area (Å²) in [6.45, 7) is 2.52. The summed E-state index contributed by atoms with van der Waals surface area (Å²) in [5.74, 6) is 2.03. The molecule has 1 saturated heterocycles. The third kappa shape index (κ3) is 4.22. The first-order chi connectivity index (χ1) is 12.8. The Kier molecular flexibility index (Phi) is 5.16. The number of aromatic nitrogens is 1. The van der Waals surface area contributed by atoms with Gasteiger partial charge in [-0.25, -0.2) is 0 Å². The maximum absolute atomic E-state index is 12.1. The van der Waals surface area contributed by atoms with Gasteiger partial charge in [0, 0.05) is 24.3 Å². The molecule has 5 heteroatoms. The summed E-state index contributed by atoms with van der Waals surface area (Å²) in [6, 6.07) is 12.0. The van der Waals surface area contributed by atoms with E-state index in [4.69, 9.17) is 4.74 Å². The van der Waals surface area contributed by atoms with Crippen molar-refractivity contribution in [2.75, 3.05) is 19.7 Å². The molecule has 0 bridgehead atoms. The third-order valence-corrected chi connectivity index (χ3v) is 5.30.